The van der Waals surface area contributed by atoms with Gasteiger partial charge in [0.15, 0.2) is 0 Å². The summed E-state index contributed by atoms with van der Waals surface area (Å²) < 4.78 is 5.70. The maximum atomic E-state index is 5.70. The molecule has 0 saturated heterocycles. The zero-order valence-electron chi connectivity index (χ0n) is 13.0. The Labute approximate surface area is 128 Å². The highest BCUT2D eigenvalue weighted by molar-refractivity contribution is 5.20. The topological polar surface area (TPSA) is 21.3 Å². The maximum absolute atomic E-state index is 5.70. The van der Waals surface area contributed by atoms with E-state index in [1.807, 2.05) is 30.3 Å². The minimum atomic E-state index is 0.121. The van der Waals surface area contributed by atoms with E-state index in [4.69, 9.17) is 4.74 Å². The molecule has 2 aromatic carbocycles. The fourth-order valence-corrected chi connectivity index (χ4v) is 2.26. The van der Waals surface area contributed by atoms with Gasteiger partial charge in [0.25, 0.3) is 0 Å². The minimum Gasteiger partial charge on any atom is -0.492 e. The van der Waals surface area contributed by atoms with Gasteiger partial charge in [-0.3, -0.25) is 0 Å². The molecule has 0 aliphatic rings. The Bertz CT molecular complexity index is 508. The van der Waals surface area contributed by atoms with Gasteiger partial charge >= 0.3 is 0 Å². The first-order valence-electron chi connectivity index (χ1n) is 7.62. The van der Waals surface area contributed by atoms with Gasteiger partial charge in [0.05, 0.1) is 0 Å². The molecule has 0 fully saturated rings. The van der Waals surface area contributed by atoms with Crippen molar-refractivity contribution in [3.63, 3.8) is 0 Å². The summed E-state index contributed by atoms with van der Waals surface area (Å²) in [5, 5.41) is 3.57. The standard InChI is InChI=1S/C19H25NO/c1-19(2,14-13-17-9-5-3-6-10-17)20-15-16-21-18-11-7-4-8-12-18/h3-12,20H,13-16H2,1-2H3. The number of benzene rings is 2. The lowest BCUT2D eigenvalue weighted by molar-refractivity contribution is 0.277. The highest BCUT2D eigenvalue weighted by Crippen LogP contribution is 2.13. The van der Waals surface area contributed by atoms with Crippen molar-refractivity contribution in [3.05, 3.63) is 66.2 Å². The molecule has 0 heterocycles. The van der Waals surface area contributed by atoms with Crippen molar-refractivity contribution in [2.24, 2.45) is 0 Å². The maximum Gasteiger partial charge on any atom is 0.119 e. The molecule has 0 spiro atoms. The monoisotopic (exact) mass is 283 g/mol. The highest BCUT2D eigenvalue weighted by Gasteiger charge is 2.16. The van der Waals surface area contributed by atoms with Crippen molar-refractivity contribution < 1.29 is 4.74 Å². The molecule has 2 heteroatoms. The Hall–Kier alpha value is -1.80. The molecule has 2 aromatic rings. The molecular formula is C19H25NO. The average molecular weight is 283 g/mol. The second kappa shape index (κ2) is 7.84. The normalized spacial score (nSPS) is 11.3. The van der Waals surface area contributed by atoms with Crippen molar-refractivity contribution in [1.82, 2.24) is 5.32 Å². The summed E-state index contributed by atoms with van der Waals surface area (Å²) in [4.78, 5) is 0. The van der Waals surface area contributed by atoms with Gasteiger partial charge in [-0.15, -0.1) is 0 Å². The van der Waals surface area contributed by atoms with Crippen LogP contribution in [0.15, 0.2) is 60.7 Å². The molecule has 0 atom stereocenters. The van der Waals surface area contributed by atoms with Gasteiger partial charge in [-0.05, 0) is 44.4 Å². The first kappa shape index (κ1) is 15.6. The van der Waals surface area contributed by atoms with Gasteiger partial charge in [-0.1, -0.05) is 48.5 Å². The van der Waals surface area contributed by atoms with E-state index in [-0.39, 0.29) is 5.54 Å². The fourth-order valence-electron chi connectivity index (χ4n) is 2.26. The third kappa shape index (κ3) is 6.01. The zero-order valence-corrected chi connectivity index (χ0v) is 13.0. The summed E-state index contributed by atoms with van der Waals surface area (Å²) in [5.41, 5.74) is 1.52. The van der Waals surface area contributed by atoms with E-state index >= 15 is 0 Å². The Morgan fingerprint density at radius 2 is 1.52 bits per heavy atom. The van der Waals surface area contributed by atoms with Crippen LogP contribution in [0.1, 0.15) is 25.8 Å². The lowest BCUT2D eigenvalue weighted by Crippen LogP contribution is -2.41. The Kier molecular flexibility index (Phi) is 5.82. The molecule has 21 heavy (non-hydrogen) atoms. The van der Waals surface area contributed by atoms with Gasteiger partial charge in [-0.25, -0.2) is 0 Å². The molecule has 0 radical (unpaired) electrons. The highest BCUT2D eigenvalue weighted by atomic mass is 16.5. The summed E-state index contributed by atoms with van der Waals surface area (Å²) in [6.45, 7) is 6.05. The minimum absolute atomic E-state index is 0.121. The van der Waals surface area contributed by atoms with Gasteiger partial charge < -0.3 is 10.1 Å². The van der Waals surface area contributed by atoms with Crippen LogP contribution in [0.2, 0.25) is 0 Å². The Morgan fingerprint density at radius 1 is 0.905 bits per heavy atom. The largest absolute Gasteiger partial charge is 0.492 e. The van der Waals surface area contributed by atoms with E-state index in [9.17, 15) is 0 Å². The summed E-state index contributed by atoms with van der Waals surface area (Å²) in [7, 11) is 0. The molecule has 0 bridgehead atoms. The summed E-state index contributed by atoms with van der Waals surface area (Å²) >= 11 is 0. The summed E-state index contributed by atoms with van der Waals surface area (Å²) in [5.74, 6) is 0.932. The number of aryl methyl sites for hydroxylation is 1. The van der Waals surface area contributed by atoms with Crippen molar-refractivity contribution in [2.75, 3.05) is 13.2 Å². The molecule has 0 aliphatic heterocycles. The van der Waals surface area contributed by atoms with Crippen molar-refractivity contribution >= 4 is 0 Å². The number of hydrogen-bond donors (Lipinski definition) is 1. The van der Waals surface area contributed by atoms with E-state index in [2.05, 4.69) is 49.5 Å². The van der Waals surface area contributed by atoms with Crippen molar-refractivity contribution in [1.29, 1.82) is 0 Å². The SMILES string of the molecule is CC(C)(CCc1ccccc1)NCCOc1ccccc1. The molecule has 112 valence electrons. The predicted octanol–water partition coefficient (Wildman–Crippen LogP) is 4.07. The average Bonchev–Trinajstić information content (AvgIpc) is 2.52. The van der Waals surface area contributed by atoms with E-state index in [1.165, 1.54) is 5.56 Å². The summed E-state index contributed by atoms with van der Waals surface area (Å²) in [6, 6.07) is 20.6. The smallest absolute Gasteiger partial charge is 0.119 e. The first-order valence-corrected chi connectivity index (χ1v) is 7.62. The van der Waals surface area contributed by atoms with Crippen LogP contribution < -0.4 is 10.1 Å². The van der Waals surface area contributed by atoms with Gasteiger partial charge in [0.2, 0.25) is 0 Å². The number of ether oxygens (including phenoxy) is 1. The number of nitrogens with one attached hydrogen (secondary N) is 1. The lowest BCUT2D eigenvalue weighted by Gasteiger charge is -2.26. The van der Waals surface area contributed by atoms with Crippen LogP contribution in [0, 0.1) is 0 Å². The van der Waals surface area contributed by atoms with Crippen LogP contribution >= 0.6 is 0 Å². The first-order chi connectivity index (χ1) is 10.2. The second-order valence-corrected chi connectivity index (χ2v) is 5.96. The lowest BCUT2D eigenvalue weighted by atomic mass is 9.95. The van der Waals surface area contributed by atoms with E-state index in [0.717, 1.165) is 25.1 Å². The Balaban J connectivity index is 1.66. The number of para-hydroxylation sites is 1. The zero-order chi connectivity index (χ0) is 15.0. The van der Waals surface area contributed by atoms with Crippen molar-refractivity contribution in [3.8, 4) is 5.75 Å². The van der Waals surface area contributed by atoms with E-state index < -0.39 is 0 Å². The molecule has 1 N–H and O–H groups in total. The molecule has 0 unspecified atom stereocenters. The molecule has 2 rings (SSSR count). The predicted molar refractivity (Wildman–Crippen MR) is 88.8 cm³/mol. The van der Waals surface area contributed by atoms with Gasteiger partial charge in [0.1, 0.15) is 12.4 Å². The third-order valence-electron chi connectivity index (χ3n) is 3.60. The molecule has 0 aliphatic carbocycles. The molecule has 0 amide bonds. The van der Waals surface area contributed by atoms with Crippen LogP contribution in [0.3, 0.4) is 0 Å². The molecule has 0 aromatic heterocycles. The van der Waals surface area contributed by atoms with Crippen LogP contribution in [-0.4, -0.2) is 18.7 Å². The van der Waals surface area contributed by atoms with Crippen LogP contribution in [0.25, 0.3) is 0 Å². The third-order valence-corrected chi connectivity index (χ3v) is 3.60. The Morgan fingerprint density at radius 3 is 2.19 bits per heavy atom. The van der Waals surface area contributed by atoms with Crippen molar-refractivity contribution in [2.45, 2.75) is 32.2 Å². The molecule has 0 saturated carbocycles. The van der Waals surface area contributed by atoms with Crippen LogP contribution in [0.5, 0.6) is 5.75 Å². The van der Waals surface area contributed by atoms with E-state index in [0.29, 0.717) is 6.61 Å². The molecule has 2 nitrogen and oxygen atoms in total. The van der Waals surface area contributed by atoms with Gasteiger partial charge in [-0.2, -0.15) is 0 Å². The van der Waals surface area contributed by atoms with Crippen LogP contribution in [0.4, 0.5) is 0 Å². The quantitative estimate of drug-likeness (QED) is 0.737. The fraction of sp³-hybridized carbons (Fsp3) is 0.368. The van der Waals surface area contributed by atoms with Crippen LogP contribution in [-0.2, 0) is 6.42 Å². The summed E-state index contributed by atoms with van der Waals surface area (Å²) in [6.07, 6.45) is 2.21. The van der Waals surface area contributed by atoms with E-state index in [1.54, 1.807) is 0 Å². The number of rotatable bonds is 8. The van der Waals surface area contributed by atoms with Gasteiger partial charge in [0, 0.05) is 12.1 Å². The number of hydrogen-bond acceptors (Lipinski definition) is 2. The second-order valence-electron chi connectivity index (χ2n) is 5.96. The molecular weight excluding hydrogens is 258 g/mol.